The Hall–Kier alpha value is -1.62. The number of carbonyl (C=O) groups excluding carboxylic acids is 1. The zero-order chi connectivity index (χ0) is 13.0. The first-order valence-electron chi connectivity index (χ1n) is 6.11. The summed E-state index contributed by atoms with van der Waals surface area (Å²) < 4.78 is 18.5. The lowest BCUT2D eigenvalue weighted by Crippen LogP contribution is -2.25. The number of rotatable bonds is 3. The summed E-state index contributed by atoms with van der Waals surface area (Å²) in [6.07, 6.45) is 3.28. The number of nitrogens with one attached hydrogen (secondary N) is 1. The Bertz CT molecular complexity index is 431. The highest BCUT2D eigenvalue weighted by Crippen LogP contribution is 2.21. The van der Waals surface area contributed by atoms with Crippen LogP contribution in [0.5, 0.6) is 0 Å². The average molecular weight is 252 g/mol. The van der Waals surface area contributed by atoms with Gasteiger partial charge in [-0.3, -0.25) is 4.79 Å². The van der Waals surface area contributed by atoms with Crippen molar-refractivity contribution in [2.75, 3.05) is 17.7 Å². The van der Waals surface area contributed by atoms with Gasteiger partial charge < -0.3 is 15.8 Å². The van der Waals surface area contributed by atoms with Gasteiger partial charge in [-0.15, -0.1) is 0 Å². The molecule has 5 heteroatoms. The molecule has 0 bridgehead atoms. The van der Waals surface area contributed by atoms with E-state index in [0.29, 0.717) is 18.0 Å². The molecule has 4 nitrogen and oxygen atoms in total. The molecule has 0 spiro atoms. The second-order valence-electron chi connectivity index (χ2n) is 4.47. The van der Waals surface area contributed by atoms with Crippen molar-refractivity contribution in [2.24, 2.45) is 0 Å². The number of amides is 1. The first-order chi connectivity index (χ1) is 8.65. The van der Waals surface area contributed by atoms with Gasteiger partial charge in [-0.05, 0) is 37.5 Å². The molecule has 1 aromatic carbocycles. The second-order valence-corrected chi connectivity index (χ2v) is 4.47. The lowest BCUT2D eigenvalue weighted by Gasteiger charge is -2.22. The average Bonchev–Trinajstić information content (AvgIpc) is 2.35. The van der Waals surface area contributed by atoms with Gasteiger partial charge in [0.1, 0.15) is 5.82 Å². The molecular weight excluding hydrogens is 235 g/mol. The molecule has 1 amide bonds. The molecule has 0 radical (unpaired) electrons. The van der Waals surface area contributed by atoms with Gasteiger partial charge in [-0.1, -0.05) is 0 Å². The van der Waals surface area contributed by atoms with Crippen LogP contribution in [-0.4, -0.2) is 18.6 Å². The van der Waals surface area contributed by atoms with Crippen LogP contribution in [0, 0.1) is 5.82 Å². The Balaban J connectivity index is 1.92. The smallest absolute Gasteiger partial charge is 0.227 e. The topological polar surface area (TPSA) is 64.3 Å². The van der Waals surface area contributed by atoms with Gasteiger partial charge in [0.05, 0.1) is 23.9 Å². The highest BCUT2D eigenvalue weighted by Gasteiger charge is 2.18. The largest absolute Gasteiger partial charge is 0.397 e. The predicted molar refractivity (Wildman–Crippen MR) is 67.7 cm³/mol. The van der Waals surface area contributed by atoms with Gasteiger partial charge in [0.2, 0.25) is 5.91 Å². The molecule has 0 aromatic heterocycles. The SMILES string of the molecule is Nc1ccc(F)cc1NC(=O)CC1CCCCO1. The van der Waals surface area contributed by atoms with E-state index in [1.807, 2.05) is 0 Å². The number of anilines is 2. The fourth-order valence-corrected chi connectivity index (χ4v) is 2.01. The molecule has 2 rings (SSSR count). The third kappa shape index (κ3) is 3.43. The van der Waals surface area contributed by atoms with Crippen LogP contribution in [0.25, 0.3) is 0 Å². The highest BCUT2D eigenvalue weighted by molar-refractivity contribution is 5.94. The van der Waals surface area contributed by atoms with Gasteiger partial charge in [0.15, 0.2) is 0 Å². The molecular formula is C13H17FN2O2. The second kappa shape index (κ2) is 5.82. The minimum Gasteiger partial charge on any atom is -0.397 e. The zero-order valence-electron chi connectivity index (χ0n) is 10.1. The van der Waals surface area contributed by atoms with E-state index in [0.717, 1.165) is 19.3 Å². The van der Waals surface area contributed by atoms with E-state index in [4.69, 9.17) is 10.5 Å². The normalized spacial score (nSPS) is 19.5. The van der Waals surface area contributed by atoms with E-state index in [9.17, 15) is 9.18 Å². The molecule has 1 heterocycles. The third-order valence-electron chi connectivity index (χ3n) is 2.98. The Labute approximate surface area is 105 Å². The number of benzene rings is 1. The summed E-state index contributed by atoms with van der Waals surface area (Å²) in [6, 6.07) is 3.91. The fourth-order valence-electron chi connectivity index (χ4n) is 2.01. The summed E-state index contributed by atoms with van der Waals surface area (Å²) >= 11 is 0. The van der Waals surface area contributed by atoms with E-state index in [1.54, 1.807) is 0 Å². The molecule has 0 aliphatic carbocycles. The van der Waals surface area contributed by atoms with E-state index in [1.165, 1.54) is 18.2 Å². The lowest BCUT2D eigenvalue weighted by molar-refractivity contribution is -0.119. The standard InChI is InChI=1S/C13H17FN2O2/c14-9-4-5-11(15)12(7-9)16-13(17)8-10-3-1-2-6-18-10/h4-5,7,10H,1-3,6,8,15H2,(H,16,17). The van der Waals surface area contributed by atoms with Gasteiger partial charge in [-0.25, -0.2) is 4.39 Å². The lowest BCUT2D eigenvalue weighted by atomic mass is 10.1. The van der Waals surface area contributed by atoms with Crippen molar-refractivity contribution in [3.63, 3.8) is 0 Å². The summed E-state index contributed by atoms with van der Waals surface area (Å²) in [4.78, 5) is 11.8. The minimum absolute atomic E-state index is 0.0338. The minimum atomic E-state index is -0.423. The maximum absolute atomic E-state index is 13.0. The van der Waals surface area contributed by atoms with Crippen LogP contribution in [0.3, 0.4) is 0 Å². The van der Waals surface area contributed by atoms with Crippen molar-refractivity contribution >= 4 is 17.3 Å². The van der Waals surface area contributed by atoms with Crippen LogP contribution in [-0.2, 0) is 9.53 Å². The first kappa shape index (κ1) is 12.8. The number of halogens is 1. The van der Waals surface area contributed by atoms with Gasteiger partial charge in [0, 0.05) is 6.61 Å². The molecule has 1 saturated heterocycles. The number of hydrogen-bond acceptors (Lipinski definition) is 3. The van der Waals surface area contributed by atoms with Crippen molar-refractivity contribution in [1.29, 1.82) is 0 Å². The van der Waals surface area contributed by atoms with Crippen LogP contribution < -0.4 is 11.1 Å². The first-order valence-corrected chi connectivity index (χ1v) is 6.11. The predicted octanol–water partition coefficient (Wildman–Crippen LogP) is 2.31. The summed E-state index contributed by atoms with van der Waals surface area (Å²) in [6.45, 7) is 0.708. The molecule has 1 fully saturated rings. The van der Waals surface area contributed by atoms with Crippen LogP contribution >= 0.6 is 0 Å². The number of hydrogen-bond donors (Lipinski definition) is 2. The third-order valence-corrected chi connectivity index (χ3v) is 2.98. The Kier molecular flexibility index (Phi) is 4.15. The van der Waals surface area contributed by atoms with E-state index >= 15 is 0 Å². The van der Waals surface area contributed by atoms with Crippen molar-refractivity contribution in [3.05, 3.63) is 24.0 Å². The molecule has 0 saturated carbocycles. The number of ether oxygens (including phenoxy) is 1. The van der Waals surface area contributed by atoms with Gasteiger partial charge in [-0.2, -0.15) is 0 Å². The number of carbonyl (C=O) groups is 1. The molecule has 1 aliphatic rings. The molecule has 1 atom stereocenters. The van der Waals surface area contributed by atoms with Crippen LogP contribution in [0.15, 0.2) is 18.2 Å². The van der Waals surface area contributed by atoms with Crippen LogP contribution in [0.2, 0.25) is 0 Å². The van der Waals surface area contributed by atoms with Crippen molar-refractivity contribution in [2.45, 2.75) is 31.8 Å². The van der Waals surface area contributed by atoms with Gasteiger partial charge in [0.25, 0.3) is 0 Å². The van der Waals surface area contributed by atoms with Crippen molar-refractivity contribution in [3.8, 4) is 0 Å². The fraction of sp³-hybridized carbons (Fsp3) is 0.462. The van der Waals surface area contributed by atoms with Crippen LogP contribution in [0.4, 0.5) is 15.8 Å². The molecule has 1 aliphatic heterocycles. The number of nitrogen functional groups attached to an aromatic ring is 1. The Morgan fingerprint density at radius 2 is 2.33 bits per heavy atom. The highest BCUT2D eigenvalue weighted by atomic mass is 19.1. The summed E-state index contributed by atoms with van der Waals surface area (Å²) in [7, 11) is 0. The number of nitrogens with two attached hydrogens (primary N) is 1. The molecule has 1 aromatic rings. The maximum Gasteiger partial charge on any atom is 0.227 e. The van der Waals surface area contributed by atoms with E-state index in [2.05, 4.69) is 5.32 Å². The van der Waals surface area contributed by atoms with E-state index < -0.39 is 5.82 Å². The quantitative estimate of drug-likeness (QED) is 0.811. The van der Waals surface area contributed by atoms with Crippen LogP contribution in [0.1, 0.15) is 25.7 Å². The maximum atomic E-state index is 13.0. The summed E-state index contributed by atoms with van der Waals surface area (Å²) in [5.41, 5.74) is 6.33. The van der Waals surface area contributed by atoms with E-state index in [-0.39, 0.29) is 18.4 Å². The molecule has 3 N–H and O–H groups in total. The zero-order valence-corrected chi connectivity index (χ0v) is 10.1. The Morgan fingerprint density at radius 3 is 3.06 bits per heavy atom. The molecule has 1 unspecified atom stereocenters. The summed E-state index contributed by atoms with van der Waals surface area (Å²) in [5.74, 6) is -0.618. The van der Waals surface area contributed by atoms with Gasteiger partial charge >= 0.3 is 0 Å². The molecule has 98 valence electrons. The Morgan fingerprint density at radius 1 is 1.50 bits per heavy atom. The van der Waals surface area contributed by atoms with Crippen molar-refractivity contribution < 1.29 is 13.9 Å². The monoisotopic (exact) mass is 252 g/mol. The summed E-state index contributed by atoms with van der Waals surface area (Å²) in [5, 5.41) is 2.61. The molecule has 18 heavy (non-hydrogen) atoms. The van der Waals surface area contributed by atoms with Crippen molar-refractivity contribution in [1.82, 2.24) is 0 Å².